The van der Waals surface area contributed by atoms with E-state index in [-0.39, 0.29) is 5.91 Å². The second-order valence-electron chi connectivity index (χ2n) is 4.00. The molecule has 0 aliphatic carbocycles. The summed E-state index contributed by atoms with van der Waals surface area (Å²) in [6.45, 7) is 2.07. The van der Waals surface area contributed by atoms with E-state index in [1.165, 1.54) is 0 Å². The lowest BCUT2D eigenvalue weighted by molar-refractivity contribution is 0.0627. The third-order valence-corrected chi connectivity index (χ3v) is 2.72. The Morgan fingerprint density at radius 1 is 1.16 bits per heavy atom. The minimum atomic E-state index is -0.0438. The van der Waals surface area contributed by atoms with E-state index >= 15 is 0 Å². The number of carbonyl (C=O) groups excluding carboxylic acids is 1. The number of nitrogens with one attached hydrogen (secondary N) is 1. The predicted octanol–water partition coefficient (Wildman–Crippen LogP) is 0.707. The van der Waals surface area contributed by atoms with Crippen LogP contribution in [0.5, 0.6) is 0 Å². The molecule has 0 bridgehead atoms. The van der Waals surface area contributed by atoms with Crippen molar-refractivity contribution in [2.45, 2.75) is 0 Å². The molecule has 0 saturated heterocycles. The molecule has 0 unspecified atom stereocenters. The molecule has 0 saturated carbocycles. The molecule has 1 aromatic carbocycles. The quantitative estimate of drug-likeness (QED) is 0.536. The molecule has 1 aromatic rings. The number of hydrazine groups is 1. The predicted molar refractivity (Wildman–Crippen MR) is 73.9 cm³/mol. The van der Waals surface area contributed by atoms with Crippen LogP contribution in [0.4, 0.5) is 5.69 Å². The average molecular weight is 267 g/mol. The number of hydrogen-bond donors (Lipinski definition) is 2. The molecule has 0 aromatic heterocycles. The number of nitrogens with two attached hydrogens (primary N) is 1. The van der Waals surface area contributed by atoms with Gasteiger partial charge in [-0.2, -0.15) is 0 Å². The summed E-state index contributed by atoms with van der Waals surface area (Å²) in [5.74, 6) is 5.25. The normalized spacial score (nSPS) is 10.3. The number of nitrogens with zero attached hydrogens (tertiary/aromatic N) is 1. The van der Waals surface area contributed by atoms with Crippen LogP contribution in [0, 0.1) is 0 Å². The lowest BCUT2D eigenvalue weighted by Crippen LogP contribution is -2.36. The van der Waals surface area contributed by atoms with E-state index in [9.17, 15) is 4.79 Å². The van der Waals surface area contributed by atoms with Crippen LogP contribution < -0.4 is 11.3 Å². The molecule has 1 rings (SSSR count). The molecular weight excluding hydrogens is 246 g/mol. The van der Waals surface area contributed by atoms with Crippen LogP contribution in [-0.4, -0.2) is 51.3 Å². The summed E-state index contributed by atoms with van der Waals surface area (Å²) in [6.07, 6.45) is 0. The van der Waals surface area contributed by atoms with Gasteiger partial charge in [-0.25, -0.2) is 0 Å². The van der Waals surface area contributed by atoms with E-state index in [1.54, 1.807) is 43.4 Å². The third kappa shape index (κ3) is 4.86. The number of methoxy groups -OCH3 is 2. The number of nitrogen functional groups attached to an aromatic ring is 1. The van der Waals surface area contributed by atoms with Crippen LogP contribution in [-0.2, 0) is 9.47 Å². The van der Waals surface area contributed by atoms with Crippen LogP contribution in [0.15, 0.2) is 24.3 Å². The minimum Gasteiger partial charge on any atom is -0.383 e. The second-order valence-corrected chi connectivity index (χ2v) is 4.00. The number of benzene rings is 1. The first-order valence-corrected chi connectivity index (χ1v) is 6.06. The Labute approximate surface area is 113 Å². The molecule has 1 amide bonds. The zero-order chi connectivity index (χ0) is 14.1. The number of carbonyl (C=O) groups is 1. The zero-order valence-corrected chi connectivity index (χ0v) is 11.4. The van der Waals surface area contributed by atoms with Gasteiger partial charge in [-0.3, -0.25) is 10.6 Å². The van der Waals surface area contributed by atoms with Gasteiger partial charge >= 0.3 is 0 Å². The summed E-state index contributed by atoms with van der Waals surface area (Å²) in [7, 11) is 3.22. The number of anilines is 1. The highest BCUT2D eigenvalue weighted by atomic mass is 16.5. The van der Waals surface area contributed by atoms with Gasteiger partial charge in [0.25, 0.3) is 5.91 Å². The molecule has 6 heteroatoms. The molecule has 6 nitrogen and oxygen atoms in total. The first-order chi connectivity index (χ1) is 9.22. The topological polar surface area (TPSA) is 76.8 Å². The molecule has 0 radical (unpaired) electrons. The Kier molecular flexibility index (Phi) is 6.88. The van der Waals surface area contributed by atoms with E-state index in [2.05, 4.69) is 5.43 Å². The molecule has 0 heterocycles. The van der Waals surface area contributed by atoms with Crippen molar-refractivity contribution in [3.8, 4) is 0 Å². The summed E-state index contributed by atoms with van der Waals surface area (Å²) in [5.41, 5.74) is 3.90. The van der Waals surface area contributed by atoms with Crippen molar-refractivity contribution in [2.75, 3.05) is 45.9 Å². The summed E-state index contributed by atoms with van der Waals surface area (Å²) >= 11 is 0. The van der Waals surface area contributed by atoms with Crippen LogP contribution in [0.25, 0.3) is 0 Å². The fourth-order valence-electron chi connectivity index (χ4n) is 1.61. The Morgan fingerprint density at radius 3 is 2.11 bits per heavy atom. The molecule has 19 heavy (non-hydrogen) atoms. The SMILES string of the molecule is COCCN(CCOC)C(=O)c1ccc(NN)cc1. The summed E-state index contributed by atoms with van der Waals surface area (Å²) in [5, 5.41) is 0. The Balaban J connectivity index is 2.72. The van der Waals surface area contributed by atoms with Gasteiger partial charge in [-0.05, 0) is 24.3 Å². The van der Waals surface area contributed by atoms with E-state index in [0.29, 0.717) is 31.9 Å². The first kappa shape index (κ1) is 15.4. The highest BCUT2D eigenvalue weighted by Gasteiger charge is 2.15. The lowest BCUT2D eigenvalue weighted by Gasteiger charge is -2.22. The Bertz CT molecular complexity index is 373. The molecule has 0 spiro atoms. The molecule has 0 aliphatic heterocycles. The van der Waals surface area contributed by atoms with E-state index in [0.717, 1.165) is 5.69 Å². The van der Waals surface area contributed by atoms with Gasteiger partial charge in [0.15, 0.2) is 0 Å². The largest absolute Gasteiger partial charge is 0.383 e. The fraction of sp³-hybridized carbons (Fsp3) is 0.462. The van der Waals surface area contributed by atoms with Crippen molar-refractivity contribution in [1.82, 2.24) is 4.90 Å². The molecular formula is C13H21N3O3. The van der Waals surface area contributed by atoms with Crippen molar-refractivity contribution in [2.24, 2.45) is 5.84 Å². The van der Waals surface area contributed by atoms with Gasteiger partial charge in [0.05, 0.1) is 13.2 Å². The summed E-state index contributed by atoms with van der Waals surface area (Å²) in [6, 6.07) is 7.00. The van der Waals surface area contributed by atoms with E-state index in [4.69, 9.17) is 15.3 Å². The Hall–Kier alpha value is -1.63. The average Bonchev–Trinajstić information content (AvgIpc) is 2.47. The van der Waals surface area contributed by atoms with E-state index in [1.807, 2.05) is 0 Å². The van der Waals surface area contributed by atoms with Crippen LogP contribution in [0.2, 0.25) is 0 Å². The molecule has 106 valence electrons. The van der Waals surface area contributed by atoms with Gasteiger partial charge in [0.2, 0.25) is 0 Å². The van der Waals surface area contributed by atoms with Crippen molar-refractivity contribution < 1.29 is 14.3 Å². The van der Waals surface area contributed by atoms with Crippen molar-refractivity contribution in [3.63, 3.8) is 0 Å². The summed E-state index contributed by atoms with van der Waals surface area (Å²) in [4.78, 5) is 14.0. The van der Waals surface area contributed by atoms with Gasteiger partial charge in [-0.1, -0.05) is 0 Å². The van der Waals surface area contributed by atoms with Gasteiger partial charge in [-0.15, -0.1) is 0 Å². The van der Waals surface area contributed by atoms with Gasteiger partial charge < -0.3 is 19.8 Å². The highest BCUT2D eigenvalue weighted by molar-refractivity contribution is 5.94. The molecule has 3 N–H and O–H groups in total. The van der Waals surface area contributed by atoms with Crippen LogP contribution in [0.3, 0.4) is 0 Å². The molecule has 0 atom stereocenters. The van der Waals surface area contributed by atoms with E-state index < -0.39 is 0 Å². The molecule has 0 aliphatic rings. The summed E-state index contributed by atoms with van der Waals surface area (Å²) < 4.78 is 10.0. The van der Waals surface area contributed by atoms with Crippen LogP contribution >= 0.6 is 0 Å². The highest BCUT2D eigenvalue weighted by Crippen LogP contribution is 2.10. The second kappa shape index (κ2) is 8.47. The maximum atomic E-state index is 12.3. The maximum Gasteiger partial charge on any atom is 0.254 e. The number of amides is 1. The molecule has 0 fully saturated rings. The standard InChI is InChI=1S/C13H21N3O3/c1-18-9-7-16(8-10-19-2)13(17)11-3-5-12(15-14)6-4-11/h3-6,15H,7-10,14H2,1-2H3. The van der Waals surface area contributed by atoms with Gasteiger partial charge in [0, 0.05) is 38.6 Å². The lowest BCUT2D eigenvalue weighted by atomic mass is 10.2. The zero-order valence-electron chi connectivity index (χ0n) is 11.4. The number of ether oxygens (including phenoxy) is 2. The maximum absolute atomic E-state index is 12.3. The number of hydrogen-bond acceptors (Lipinski definition) is 5. The van der Waals surface area contributed by atoms with Crippen molar-refractivity contribution >= 4 is 11.6 Å². The third-order valence-electron chi connectivity index (χ3n) is 2.72. The van der Waals surface area contributed by atoms with Crippen LogP contribution in [0.1, 0.15) is 10.4 Å². The smallest absolute Gasteiger partial charge is 0.254 e. The van der Waals surface area contributed by atoms with Crippen molar-refractivity contribution in [3.05, 3.63) is 29.8 Å². The fourth-order valence-corrected chi connectivity index (χ4v) is 1.61. The van der Waals surface area contributed by atoms with Gasteiger partial charge in [0.1, 0.15) is 0 Å². The minimum absolute atomic E-state index is 0.0438. The monoisotopic (exact) mass is 267 g/mol. The number of rotatable bonds is 8. The van der Waals surface area contributed by atoms with Crippen molar-refractivity contribution in [1.29, 1.82) is 0 Å². The Morgan fingerprint density at radius 2 is 1.68 bits per heavy atom. The first-order valence-electron chi connectivity index (χ1n) is 6.06.